The van der Waals surface area contributed by atoms with E-state index in [1.165, 1.54) is 18.2 Å². The monoisotopic (exact) mass is 371 g/mol. The highest BCUT2D eigenvalue weighted by molar-refractivity contribution is 7.91. The quantitative estimate of drug-likeness (QED) is 0.581. The number of hydrogen-bond donors (Lipinski definition) is 1. The molecule has 1 N–H and O–H groups in total. The maximum Gasteiger partial charge on any atom is 0.193 e. The first kappa shape index (κ1) is 19.7. The number of aliphatic imine (C=N–C) groups is 1. The molecule has 0 saturated carbocycles. The van der Waals surface area contributed by atoms with Crippen LogP contribution in [0.3, 0.4) is 0 Å². The van der Waals surface area contributed by atoms with Crippen molar-refractivity contribution in [3.8, 4) is 0 Å². The van der Waals surface area contributed by atoms with Crippen molar-refractivity contribution >= 4 is 15.8 Å². The third-order valence-corrected chi connectivity index (χ3v) is 5.84. The number of sulfone groups is 1. The second-order valence-corrected chi connectivity index (χ2v) is 8.12. The molecule has 25 heavy (non-hydrogen) atoms. The summed E-state index contributed by atoms with van der Waals surface area (Å²) in [5.74, 6) is 0.208. The molecule has 1 aliphatic rings. The average Bonchev–Trinajstić information content (AvgIpc) is 3.03. The molecule has 0 amide bonds. The largest absolute Gasteiger partial charge is 0.384 e. The molecule has 1 saturated heterocycles. The lowest BCUT2D eigenvalue weighted by Crippen LogP contribution is -2.40. The average molecular weight is 371 g/mol. The van der Waals surface area contributed by atoms with Crippen molar-refractivity contribution in [2.24, 2.45) is 10.9 Å². The number of ether oxygens (including phenoxy) is 1. The van der Waals surface area contributed by atoms with Crippen LogP contribution in [-0.2, 0) is 14.6 Å². The van der Waals surface area contributed by atoms with Crippen molar-refractivity contribution in [1.82, 2.24) is 10.2 Å². The van der Waals surface area contributed by atoms with Crippen LogP contribution < -0.4 is 5.32 Å². The summed E-state index contributed by atoms with van der Waals surface area (Å²) < 4.78 is 43.5. The van der Waals surface area contributed by atoms with Crippen LogP contribution in [0.5, 0.6) is 0 Å². The Kier molecular flexibility index (Phi) is 7.19. The van der Waals surface area contributed by atoms with E-state index < -0.39 is 15.7 Å². The molecule has 0 aliphatic carbocycles. The lowest BCUT2D eigenvalue weighted by Gasteiger charge is -2.21. The Morgan fingerprint density at radius 3 is 2.88 bits per heavy atom. The van der Waals surface area contributed by atoms with Gasteiger partial charge in [-0.3, -0.25) is 4.99 Å². The van der Waals surface area contributed by atoms with E-state index in [4.69, 9.17) is 4.74 Å². The first-order chi connectivity index (χ1) is 12.0. The highest BCUT2D eigenvalue weighted by Gasteiger charge is 2.25. The molecule has 8 heteroatoms. The molecule has 1 atom stereocenters. The van der Waals surface area contributed by atoms with Crippen LogP contribution in [0.25, 0.3) is 0 Å². The van der Waals surface area contributed by atoms with Gasteiger partial charge in [-0.05, 0) is 25.5 Å². The minimum atomic E-state index is -3.69. The Morgan fingerprint density at radius 1 is 1.44 bits per heavy atom. The van der Waals surface area contributed by atoms with Gasteiger partial charge in [-0.1, -0.05) is 12.1 Å². The summed E-state index contributed by atoms with van der Waals surface area (Å²) in [4.78, 5) is 6.27. The fraction of sp³-hybridized carbons (Fsp3) is 0.588. The lowest BCUT2D eigenvalue weighted by atomic mass is 10.1. The summed E-state index contributed by atoms with van der Waals surface area (Å²) >= 11 is 0. The van der Waals surface area contributed by atoms with Crippen molar-refractivity contribution in [1.29, 1.82) is 0 Å². The normalized spacial score (nSPS) is 18.6. The fourth-order valence-corrected chi connectivity index (χ4v) is 4.10. The van der Waals surface area contributed by atoms with Crippen molar-refractivity contribution in [2.45, 2.75) is 18.2 Å². The van der Waals surface area contributed by atoms with Gasteiger partial charge in [0.25, 0.3) is 0 Å². The predicted molar refractivity (Wildman–Crippen MR) is 96.0 cm³/mol. The number of nitrogens with zero attached hydrogens (tertiary/aromatic N) is 2. The first-order valence-electron chi connectivity index (χ1n) is 8.47. The number of nitrogens with one attached hydrogen (secondary N) is 1. The first-order valence-corrected chi connectivity index (χ1v) is 10.1. The highest BCUT2D eigenvalue weighted by atomic mass is 32.2. The summed E-state index contributed by atoms with van der Waals surface area (Å²) in [7, 11) is -2.00. The minimum absolute atomic E-state index is 0.0877. The number of hydrogen-bond acceptors (Lipinski definition) is 4. The molecule has 1 aliphatic heterocycles. The SMILES string of the molecule is CCNC(=NCCS(=O)(=O)c1ccccc1F)N1CCC(COC)C1. The van der Waals surface area contributed by atoms with Gasteiger partial charge in [0, 0.05) is 32.7 Å². The number of halogens is 1. The van der Waals surface area contributed by atoms with Crippen LogP contribution in [0, 0.1) is 11.7 Å². The van der Waals surface area contributed by atoms with E-state index in [0.717, 1.165) is 25.6 Å². The Bertz CT molecular complexity index is 694. The van der Waals surface area contributed by atoms with E-state index in [0.29, 0.717) is 25.0 Å². The van der Waals surface area contributed by atoms with Crippen LogP contribution in [0.15, 0.2) is 34.2 Å². The molecule has 2 rings (SSSR count). The van der Waals surface area contributed by atoms with Gasteiger partial charge >= 0.3 is 0 Å². The maximum absolute atomic E-state index is 13.7. The third-order valence-electron chi connectivity index (χ3n) is 4.12. The molecular weight excluding hydrogens is 345 g/mol. The van der Waals surface area contributed by atoms with Gasteiger partial charge in [-0.2, -0.15) is 0 Å². The Hall–Kier alpha value is -1.67. The number of methoxy groups -OCH3 is 1. The maximum atomic E-state index is 13.7. The smallest absolute Gasteiger partial charge is 0.193 e. The number of rotatable bonds is 7. The van der Waals surface area contributed by atoms with E-state index >= 15 is 0 Å². The summed E-state index contributed by atoms with van der Waals surface area (Å²) in [6.45, 7) is 5.15. The standard InChI is InChI=1S/C17H26FN3O3S/c1-3-19-17(21-10-8-14(12-21)13-24-2)20-9-11-25(22,23)16-7-5-4-6-15(16)18/h4-7,14H,3,8-13H2,1-2H3,(H,19,20). The van der Waals surface area contributed by atoms with Crippen LogP contribution in [0.4, 0.5) is 4.39 Å². The molecular formula is C17H26FN3O3S. The van der Waals surface area contributed by atoms with Gasteiger partial charge in [0.2, 0.25) is 0 Å². The predicted octanol–water partition coefficient (Wildman–Crippen LogP) is 1.53. The van der Waals surface area contributed by atoms with Crippen molar-refractivity contribution in [2.75, 3.05) is 45.6 Å². The summed E-state index contributed by atoms with van der Waals surface area (Å²) in [6, 6.07) is 5.43. The molecule has 0 aromatic heterocycles. The summed E-state index contributed by atoms with van der Waals surface area (Å²) in [5.41, 5.74) is 0. The van der Waals surface area contributed by atoms with E-state index in [-0.39, 0.29) is 17.2 Å². The summed E-state index contributed by atoms with van der Waals surface area (Å²) in [6.07, 6.45) is 1.02. The van der Waals surface area contributed by atoms with Gasteiger partial charge in [-0.25, -0.2) is 12.8 Å². The van der Waals surface area contributed by atoms with E-state index in [1.54, 1.807) is 7.11 Å². The molecule has 0 radical (unpaired) electrons. The third kappa shape index (κ3) is 5.40. The van der Waals surface area contributed by atoms with Crippen molar-refractivity contribution < 1.29 is 17.5 Å². The zero-order valence-electron chi connectivity index (χ0n) is 14.7. The molecule has 1 unspecified atom stereocenters. The number of benzene rings is 1. The molecule has 140 valence electrons. The molecule has 1 fully saturated rings. The van der Waals surface area contributed by atoms with Gasteiger partial charge < -0.3 is 15.0 Å². The molecule has 0 bridgehead atoms. The van der Waals surface area contributed by atoms with E-state index in [2.05, 4.69) is 15.2 Å². The van der Waals surface area contributed by atoms with Crippen LogP contribution >= 0.6 is 0 Å². The Labute approximate surface area is 149 Å². The molecule has 1 aromatic carbocycles. The fourth-order valence-electron chi connectivity index (χ4n) is 2.90. The zero-order chi connectivity index (χ0) is 18.3. The Morgan fingerprint density at radius 2 is 2.20 bits per heavy atom. The van der Waals surface area contributed by atoms with E-state index in [9.17, 15) is 12.8 Å². The zero-order valence-corrected chi connectivity index (χ0v) is 15.6. The number of likely N-dealkylation sites (tertiary alicyclic amines) is 1. The molecule has 6 nitrogen and oxygen atoms in total. The van der Waals surface area contributed by atoms with E-state index in [1.807, 2.05) is 6.92 Å². The number of guanidine groups is 1. The lowest BCUT2D eigenvalue weighted by molar-refractivity contribution is 0.157. The molecule has 1 aromatic rings. The van der Waals surface area contributed by atoms with Crippen LogP contribution in [-0.4, -0.2) is 64.9 Å². The molecule has 0 spiro atoms. The van der Waals surface area contributed by atoms with Crippen molar-refractivity contribution in [3.05, 3.63) is 30.1 Å². The van der Waals surface area contributed by atoms with Crippen LogP contribution in [0.2, 0.25) is 0 Å². The van der Waals surface area contributed by atoms with Gasteiger partial charge in [0.05, 0.1) is 18.9 Å². The van der Waals surface area contributed by atoms with Crippen LogP contribution in [0.1, 0.15) is 13.3 Å². The highest BCUT2D eigenvalue weighted by Crippen LogP contribution is 2.17. The van der Waals surface area contributed by atoms with Gasteiger partial charge in [0.1, 0.15) is 10.7 Å². The molecule has 1 heterocycles. The second kappa shape index (κ2) is 9.15. The van der Waals surface area contributed by atoms with Gasteiger partial charge in [-0.15, -0.1) is 0 Å². The topological polar surface area (TPSA) is 71.0 Å². The minimum Gasteiger partial charge on any atom is -0.384 e. The van der Waals surface area contributed by atoms with Crippen molar-refractivity contribution in [3.63, 3.8) is 0 Å². The second-order valence-electron chi connectivity index (χ2n) is 6.04. The van der Waals surface area contributed by atoms with Gasteiger partial charge in [0.15, 0.2) is 15.8 Å². The summed E-state index contributed by atoms with van der Waals surface area (Å²) in [5, 5.41) is 3.19. The Balaban J connectivity index is 2.01.